The molecule has 0 amide bonds. The Bertz CT molecular complexity index is 235. The Balaban J connectivity index is 0. The van der Waals surface area contributed by atoms with Crippen LogP contribution < -0.4 is 5.11 Å². The standard InChI is InChI=1S/C23H50N.CH3O/c1-5-6-7-8-9-10-11-12-13-14-15-16-17-18-19-20-21-22-23-24(2,3)4;1-2/h5-23H2,1-4H3;1H3/q+1;-1. The lowest BCUT2D eigenvalue weighted by Crippen LogP contribution is -2.35. The van der Waals surface area contributed by atoms with Crippen molar-refractivity contribution in [3.05, 3.63) is 0 Å². The first-order valence-electron chi connectivity index (χ1n) is 11.8. The quantitative estimate of drug-likeness (QED) is 0.183. The molecule has 26 heavy (non-hydrogen) atoms. The molecule has 0 N–H and O–H groups in total. The van der Waals surface area contributed by atoms with Gasteiger partial charge in [0.05, 0.1) is 27.7 Å². The van der Waals surface area contributed by atoms with Gasteiger partial charge in [0, 0.05) is 0 Å². The Hall–Kier alpha value is -0.0800. The van der Waals surface area contributed by atoms with E-state index in [2.05, 4.69) is 28.1 Å². The minimum Gasteiger partial charge on any atom is -0.857 e. The molecule has 0 saturated carbocycles. The molecule has 0 radical (unpaired) electrons. The first-order chi connectivity index (χ1) is 12.6. The fraction of sp³-hybridized carbons (Fsp3) is 1.00. The second-order valence-electron chi connectivity index (χ2n) is 9.02. The van der Waals surface area contributed by atoms with Gasteiger partial charge in [-0.2, -0.15) is 7.11 Å². The van der Waals surface area contributed by atoms with Crippen molar-refractivity contribution in [2.75, 3.05) is 34.8 Å². The average molecular weight is 372 g/mol. The minimum absolute atomic E-state index is 0.750. The molecule has 160 valence electrons. The van der Waals surface area contributed by atoms with Gasteiger partial charge in [0.2, 0.25) is 0 Å². The summed E-state index contributed by atoms with van der Waals surface area (Å²) >= 11 is 0. The Kier molecular flexibility index (Phi) is 24.8. The average Bonchev–Trinajstić information content (AvgIpc) is 2.61. The zero-order valence-electron chi connectivity index (χ0n) is 19.3. The van der Waals surface area contributed by atoms with Crippen molar-refractivity contribution in [1.29, 1.82) is 0 Å². The van der Waals surface area contributed by atoms with Gasteiger partial charge in [0.1, 0.15) is 0 Å². The third kappa shape index (κ3) is 28.7. The zero-order chi connectivity index (χ0) is 19.9. The predicted molar refractivity (Wildman–Crippen MR) is 118 cm³/mol. The normalized spacial score (nSPS) is 11.3. The summed E-state index contributed by atoms with van der Waals surface area (Å²) in [5, 5.41) is 8.25. The highest BCUT2D eigenvalue weighted by atomic mass is 16.2. The van der Waals surface area contributed by atoms with Crippen LogP contribution in [0.2, 0.25) is 0 Å². The highest BCUT2D eigenvalue weighted by molar-refractivity contribution is 4.50. The van der Waals surface area contributed by atoms with Gasteiger partial charge < -0.3 is 9.59 Å². The highest BCUT2D eigenvalue weighted by Gasteiger charge is 2.04. The summed E-state index contributed by atoms with van der Waals surface area (Å²) in [5.41, 5.74) is 0. The Morgan fingerprint density at radius 2 is 0.654 bits per heavy atom. The molecule has 0 atom stereocenters. The molecule has 0 heterocycles. The van der Waals surface area contributed by atoms with Gasteiger partial charge >= 0.3 is 0 Å². The molecule has 0 fully saturated rings. The van der Waals surface area contributed by atoms with Crippen LogP contribution in [0.15, 0.2) is 0 Å². The van der Waals surface area contributed by atoms with Crippen LogP contribution in [0.5, 0.6) is 0 Å². The molecular weight excluding hydrogens is 318 g/mol. The van der Waals surface area contributed by atoms with Crippen LogP contribution >= 0.6 is 0 Å². The third-order valence-electron chi connectivity index (χ3n) is 5.18. The lowest BCUT2D eigenvalue weighted by Gasteiger charge is -2.23. The van der Waals surface area contributed by atoms with E-state index in [-0.39, 0.29) is 0 Å². The van der Waals surface area contributed by atoms with E-state index in [1.165, 1.54) is 122 Å². The van der Waals surface area contributed by atoms with Gasteiger partial charge in [-0.15, -0.1) is 0 Å². The molecule has 0 aromatic heterocycles. The van der Waals surface area contributed by atoms with E-state index in [4.69, 9.17) is 5.11 Å². The number of hydrogen-bond acceptors (Lipinski definition) is 1. The van der Waals surface area contributed by atoms with Gasteiger partial charge in [-0.05, 0) is 12.8 Å². The SMILES string of the molecule is CCCCCCCCCCCCCCCCCCCC[N+](C)(C)C.C[O-]. The molecule has 0 aromatic rings. The summed E-state index contributed by atoms with van der Waals surface area (Å²) in [7, 11) is 7.65. The lowest BCUT2D eigenvalue weighted by atomic mass is 10.0. The summed E-state index contributed by atoms with van der Waals surface area (Å²) in [5.74, 6) is 0. The van der Waals surface area contributed by atoms with Crippen molar-refractivity contribution in [3.63, 3.8) is 0 Å². The second-order valence-corrected chi connectivity index (χ2v) is 9.02. The van der Waals surface area contributed by atoms with E-state index in [9.17, 15) is 0 Å². The van der Waals surface area contributed by atoms with Crippen molar-refractivity contribution in [3.8, 4) is 0 Å². The van der Waals surface area contributed by atoms with Crippen LogP contribution in [0, 0.1) is 0 Å². The number of nitrogens with zero attached hydrogens (tertiary/aromatic N) is 1. The maximum atomic E-state index is 8.25. The molecule has 0 aliphatic carbocycles. The maximum Gasteiger partial charge on any atom is 0.0780 e. The van der Waals surface area contributed by atoms with Gasteiger partial charge in [-0.3, -0.25) is 0 Å². The van der Waals surface area contributed by atoms with Crippen LogP contribution in [0.1, 0.15) is 122 Å². The minimum atomic E-state index is 0.750. The monoisotopic (exact) mass is 371 g/mol. The van der Waals surface area contributed by atoms with Crippen LogP contribution in [0.25, 0.3) is 0 Å². The van der Waals surface area contributed by atoms with E-state index < -0.39 is 0 Å². The molecule has 0 aliphatic heterocycles. The smallest absolute Gasteiger partial charge is 0.0780 e. The highest BCUT2D eigenvalue weighted by Crippen LogP contribution is 2.14. The van der Waals surface area contributed by atoms with E-state index in [1.54, 1.807) is 0 Å². The molecule has 2 nitrogen and oxygen atoms in total. The molecule has 0 aliphatic rings. The van der Waals surface area contributed by atoms with E-state index in [0.29, 0.717) is 0 Å². The molecule has 0 bridgehead atoms. The Morgan fingerprint density at radius 1 is 0.423 bits per heavy atom. The van der Waals surface area contributed by atoms with Crippen LogP contribution in [-0.2, 0) is 0 Å². The summed E-state index contributed by atoms with van der Waals surface area (Å²) in [6, 6.07) is 0. The van der Waals surface area contributed by atoms with Crippen molar-refractivity contribution in [1.82, 2.24) is 0 Å². The number of rotatable bonds is 19. The van der Waals surface area contributed by atoms with Crippen molar-refractivity contribution >= 4 is 0 Å². The van der Waals surface area contributed by atoms with Crippen molar-refractivity contribution in [2.24, 2.45) is 0 Å². The number of hydrogen-bond donors (Lipinski definition) is 0. The molecule has 0 unspecified atom stereocenters. The molecular formula is C24H53NO. The van der Waals surface area contributed by atoms with Crippen LogP contribution in [-0.4, -0.2) is 39.3 Å². The Labute approximate surface area is 167 Å². The second kappa shape index (κ2) is 23.0. The van der Waals surface area contributed by atoms with E-state index in [1.807, 2.05) is 0 Å². The topological polar surface area (TPSA) is 23.1 Å². The van der Waals surface area contributed by atoms with E-state index >= 15 is 0 Å². The maximum absolute atomic E-state index is 8.25. The Morgan fingerprint density at radius 3 is 0.885 bits per heavy atom. The first-order valence-corrected chi connectivity index (χ1v) is 11.8. The number of unbranched alkanes of at least 4 members (excludes halogenated alkanes) is 17. The molecule has 0 rings (SSSR count). The molecule has 0 spiro atoms. The summed E-state index contributed by atoms with van der Waals surface area (Å²) < 4.78 is 1.12. The van der Waals surface area contributed by atoms with Crippen molar-refractivity contribution < 1.29 is 9.59 Å². The van der Waals surface area contributed by atoms with Gasteiger partial charge in [-0.1, -0.05) is 110 Å². The van der Waals surface area contributed by atoms with Gasteiger partial charge in [-0.25, -0.2) is 0 Å². The van der Waals surface area contributed by atoms with Crippen molar-refractivity contribution in [2.45, 2.75) is 122 Å². The molecule has 0 saturated heterocycles. The fourth-order valence-corrected chi connectivity index (χ4v) is 3.49. The predicted octanol–water partition coefficient (Wildman–Crippen LogP) is 6.71. The van der Waals surface area contributed by atoms with Gasteiger partial charge in [0.15, 0.2) is 0 Å². The lowest BCUT2D eigenvalue weighted by molar-refractivity contribution is -0.870. The van der Waals surface area contributed by atoms with Crippen LogP contribution in [0.4, 0.5) is 0 Å². The molecule has 2 heteroatoms. The molecule has 0 aromatic carbocycles. The van der Waals surface area contributed by atoms with E-state index in [0.717, 1.165) is 11.6 Å². The first kappa shape index (κ1) is 28.1. The summed E-state index contributed by atoms with van der Waals surface area (Å²) in [6.45, 7) is 3.63. The number of quaternary nitrogens is 1. The summed E-state index contributed by atoms with van der Waals surface area (Å²) in [4.78, 5) is 0. The summed E-state index contributed by atoms with van der Waals surface area (Å²) in [6.07, 6.45) is 26.3. The fourth-order valence-electron chi connectivity index (χ4n) is 3.49. The largest absolute Gasteiger partial charge is 0.857 e. The zero-order valence-corrected chi connectivity index (χ0v) is 19.3. The van der Waals surface area contributed by atoms with Gasteiger partial charge in [0.25, 0.3) is 0 Å². The van der Waals surface area contributed by atoms with Crippen LogP contribution in [0.3, 0.4) is 0 Å². The third-order valence-corrected chi connectivity index (χ3v) is 5.18.